The number of hydrogen-bond donors (Lipinski definition) is 2. The van der Waals surface area contributed by atoms with Gasteiger partial charge >= 0.3 is 0 Å². The molecule has 1 atom stereocenters. The Labute approximate surface area is 147 Å². The van der Waals surface area contributed by atoms with E-state index in [1.165, 1.54) is 33.3 Å². The molecule has 3 heteroatoms. The number of hydrogen-bond acceptors (Lipinski definition) is 1. The van der Waals surface area contributed by atoms with Gasteiger partial charge in [-0.25, -0.2) is 4.98 Å². The molecule has 0 aliphatic heterocycles. The van der Waals surface area contributed by atoms with E-state index in [4.69, 9.17) is 0 Å². The monoisotopic (exact) mass is 328 g/mol. The maximum Gasteiger partial charge on any atom is 0.172 e. The van der Waals surface area contributed by atoms with Gasteiger partial charge in [0.25, 0.3) is 0 Å². The third kappa shape index (κ3) is 2.89. The summed E-state index contributed by atoms with van der Waals surface area (Å²) in [4.78, 5) is 6.75. The molecule has 0 bridgehead atoms. The average Bonchev–Trinajstić information content (AvgIpc) is 2.97. The Morgan fingerprint density at radius 1 is 0.920 bits per heavy atom. The summed E-state index contributed by atoms with van der Waals surface area (Å²) in [7, 11) is 0. The fraction of sp³-hybridized carbons (Fsp3) is 0.136. The number of benzene rings is 2. The molecule has 1 unspecified atom stereocenters. The van der Waals surface area contributed by atoms with Crippen LogP contribution in [0.3, 0.4) is 0 Å². The van der Waals surface area contributed by atoms with Crippen LogP contribution < -0.4 is 10.3 Å². The highest BCUT2D eigenvalue weighted by molar-refractivity contribution is 5.86. The molecule has 0 aliphatic rings. The molecule has 0 aliphatic carbocycles. The van der Waals surface area contributed by atoms with Crippen LogP contribution in [0.4, 0.5) is 5.69 Å². The summed E-state index contributed by atoms with van der Waals surface area (Å²) in [6.07, 6.45) is 4.01. The first-order valence-electron chi connectivity index (χ1n) is 8.59. The molecule has 124 valence electrons. The van der Waals surface area contributed by atoms with E-state index in [0.29, 0.717) is 0 Å². The van der Waals surface area contributed by atoms with Crippen LogP contribution in [0.5, 0.6) is 0 Å². The van der Waals surface area contributed by atoms with Gasteiger partial charge in [-0.3, -0.25) is 0 Å². The quantitative estimate of drug-likeness (QED) is 0.555. The lowest BCUT2D eigenvalue weighted by molar-refractivity contribution is -0.378. The standard InChI is InChI=1S/C22H21N3/c1-15-8-3-5-11-19(15)25-22(17-9-7-13-23-14-17)21-16(2)24-20-12-6-4-10-18(20)21/h3-14,22,24-25H,1-2H3/p+1. The van der Waals surface area contributed by atoms with Gasteiger partial charge in [-0.2, -0.15) is 0 Å². The van der Waals surface area contributed by atoms with Crippen LogP contribution in [0.15, 0.2) is 73.1 Å². The molecule has 0 saturated carbocycles. The average molecular weight is 328 g/mol. The Bertz CT molecular complexity index is 1000. The van der Waals surface area contributed by atoms with Crippen molar-refractivity contribution in [1.82, 2.24) is 4.98 Å². The number of anilines is 1. The van der Waals surface area contributed by atoms with Gasteiger partial charge in [0.15, 0.2) is 12.4 Å². The van der Waals surface area contributed by atoms with E-state index in [0.717, 1.165) is 5.69 Å². The van der Waals surface area contributed by atoms with Gasteiger partial charge in [-0.05, 0) is 37.6 Å². The lowest BCUT2D eigenvalue weighted by Gasteiger charge is -2.21. The van der Waals surface area contributed by atoms with Crippen molar-refractivity contribution in [2.24, 2.45) is 0 Å². The highest BCUT2D eigenvalue weighted by atomic mass is 14.9. The highest BCUT2D eigenvalue weighted by Crippen LogP contribution is 2.34. The van der Waals surface area contributed by atoms with Crippen LogP contribution in [0, 0.1) is 13.8 Å². The Hall–Kier alpha value is -3.07. The lowest BCUT2D eigenvalue weighted by atomic mass is 9.96. The van der Waals surface area contributed by atoms with Crippen molar-refractivity contribution in [3.8, 4) is 0 Å². The number of aromatic amines is 2. The molecule has 4 rings (SSSR count). The van der Waals surface area contributed by atoms with E-state index in [2.05, 4.69) is 89.9 Å². The van der Waals surface area contributed by atoms with E-state index >= 15 is 0 Å². The third-order valence-electron chi connectivity index (χ3n) is 4.74. The van der Waals surface area contributed by atoms with Gasteiger partial charge in [0.2, 0.25) is 0 Å². The van der Waals surface area contributed by atoms with Crippen molar-refractivity contribution in [3.63, 3.8) is 0 Å². The van der Waals surface area contributed by atoms with Crippen LogP contribution in [0.2, 0.25) is 0 Å². The van der Waals surface area contributed by atoms with Crippen molar-refractivity contribution < 1.29 is 4.98 Å². The molecule has 0 fully saturated rings. The molecule has 2 aromatic heterocycles. The Morgan fingerprint density at radius 2 is 1.72 bits per heavy atom. The predicted octanol–water partition coefficient (Wildman–Crippen LogP) is 4.80. The van der Waals surface area contributed by atoms with E-state index in [1.54, 1.807) is 0 Å². The summed E-state index contributed by atoms with van der Waals surface area (Å²) in [6, 6.07) is 21.2. The molecule has 2 aromatic carbocycles. The molecular formula is C22H22N3+. The maximum atomic E-state index is 3.76. The zero-order chi connectivity index (χ0) is 17.2. The van der Waals surface area contributed by atoms with E-state index in [1.807, 2.05) is 12.3 Å². The number of H-pyrrole nitrogens is 2. The summed E-state index contributed by atoms with van der Waals surface area (Å²) in [6.45, 7) is 4.28. The number of nitrogens with one attached hydrogen (secondary N) is 3. The van der Waals surface area contributed by atoms with Gasteiger partial charge < -0.3 is 10.3 Å². The first-order valence-corrected chi connectivity index (χ1v) is 8.59. The SMILES string of the molecule is Cc1ccccc1NC(c1ccc[nH+]c1)c1c(C)[nH]c2ccccc12. The van der Waals surface area contributed by atoms with E-state index in [9.17, 15) is 0 Å². The molecule has 25 heavy (non-hydrogen) atoms. The third-order valence-corrected chi connectivity index (χ3v) is 4.74. The summed E-state index contributed by atoms with van der Waals surface area (Å²) in [5.41, 5.74) is 7.26. The molecule has 4 aromatic rings. The second-order valence-corrected chi connectivity index (χ2v) is 6.44. The number of para-hydroxylation sites is 2. The van der Waals surface area contributed by atoms with Crippen molar-refractivity contribution in [2.45, 2.75) is 19.9 Å². The summed E-state index contributed by atoms with van der Waals surface area (Å²) in [5.74, 6) is 0. The minimum atomic E-state index is 0.0645. The number of fused-ring (bicyclic) bond motifs is 1. The van der Waals surface area contributed by atoms with Crippen LogP contribution in [-0.4, -0.2) is 4.98 Å². The second-order valence-electron chi connectivity index (χ2n) is 6.44. The van der Waals surface area contributed by atoms with Crippen LogP contribution in [-0.2, 0) is 0 Å². The topological polar surface area (TPSA) is 42.0 Å². The van der Waals surface area contributed by atoms with Gasteiger partial charge in [0.1, 0.15) is 0 Å². The van der Waals surface area contributed by atoms with Crippen LogP contribution >= 0.6 is 0 Å². The molecule has 0 radical (unpaired) electrons. The number of pyridine rings is 1. The first-order chi connectivity index (χ1) is 12.2. The fourth-order valence-electron chi connectivity index (χ4n) is 3.47. The normalized spacial score (nSPS) is 12.2. The molecule has 2 heterocycles. The van der Waals surface area contributed by atoms with Gasteiger partial charge in [0, 0.05) is 39.5 Å². The molecule has 3 nitrogen and oxygen atoms in total. The predicted molar refractivity (Wildman–Crippen MR) is 103 cm³/mol. The zero-order valence-corrected chi connectivity index (χ0v) is 14.5. The summed E-state index contributed by atoms with van der Waals surface area (Å²) in [5, 5.41) is 5.02. The van der Waals surface area contributed by atoms with Crippen molar-refractivity contribution in [2.75, 3.05) is 5.32 Å². The summed E-state index contributed by atoms with van der Waals surface area (Å²) >= 11 is 0. The first kappa shape index (κ1) is 15.5. The lowest BCUT2D eigenvalue weighted by Crippen LogP contribution is -2.16. The van der Waals surface area contributed by atoms with Crippen LogP contribution in [0.25, 0.3) is 10.9 Å². The highest BCUT2D eigenvalue weighted by Gasteiger charge is 2.22. The van der Waals surface area contributed by atoms with Crippen molar-refractivity contribution >= 4 is 16.6 Å². The largest absolute Gasteiger partial charge is 0.374 e. The molecule has 3 N–H and O–H groups in total. The van der Waals surface area contributed by atoms with E-state index < -0.39 is 0 Å². The fourth-order valence-corrected chi connectivity index (χ4v) is 3.47. The molecule has 0 spiro atoms. The summed E-state index contributed by atoms with van der Waals surface area (Å²) < 4.78 is 0. The second kappa shape index (κ2) is 6.44. The van der Waals surface area contributed by atoms with E-state index in [-0.39, 0.29) is 6.04 Å². The van der Waals surface area contributed by atoms with Gasteiger partial charge in [-0.1, -0.05) is 36.4 Å². The van der Waals surface area contributed by atoms with Crippen molar-refractivity contribution in [3.05, 3.63) is 95.4 Å². The zero-order valence-electron chi connectivity index (χ0n) is 14.5. The smallest absolute Gasteiger partial charge is 0.172 e. The number of rotatable bonds is 4. The molecule has 0 amide bonds. The number of aromatic nitrogens is 2. The van der Waals surface area contributed by atoms with Crippen molar-refractivity contribution in [1.29, 1.82) is 0 Å². The Kier molecular flexibility index (Phi) is 3.98. The van der Waals surface area contributed by atoms with Gasteiger partial charge in [-0.15, -0.1) is 0 Å². The van der Waals surface area contributed by atoms with Gasteiger partial charge in [0.05, 0.1) is 6.04 Å². The number of aryl methyl sites for hydroxylation is 2. The maximum absolute atomic E-state index is 3.76. The van der Waals surface area contributed by atoms with Crippen LogP contribution in [0.1, 0.15) is 28.4 Å². The molecular weight excluding hydrogens is 306 g/mol. The minimum Gasteiger partial charge on any atom is -0.374 e. The molecule has 0 saturated heterocycles. The minimum absolute atomic E-state index is 0.0645. The Balaban J connectivity index is 1.88. The Morgan fingerprint density at radius 3 is 2.52 bits per heavy atom.